The van der Waals surface area contributed by atoms with Gasteiger partial charge in [-0.25, -0.2) is 4.79 Å². The fourth-order valence-corrected chi connectivity index (χ4v) is 3.17. The molecule has 133 valence electrons. The number of carbonyl (C=O) groups is 1. The third-order valence-electron chi connectivity index (χ3n) is 3.64. The Morgan fingerprint density at radius 3 is 2.07 bits per heavy atom. The molecule has 0 saturated carbocycles. The number of fused-ring (bicyclic) bond motifs is 1. The molecule has 0 aliphatic carbocycles. The monoisotopic (exact) mass is 395 g/mol. The molecule has 0 aromatic heterocycles. The van der Waals surface area contributed by atoms with Crippen LogP contribution in [0.1, 0.15) is 10.4 Å². The first kappa shape index (κ1) is 21.0. The number of benzene rings is 3. The van der Waals surface area contributed by atoms with Crippen molar-refractivity contribution in [2.45, 2.75) is 4.90 Å². The summed E-state index contributed by atoms with van der Waals surface area (Å²) in [4.78, 5) is 10.8. The molecule has 0 spiro atoms. The summed E-state index contributed by atoms with van der Waals surface area (Å²) in [6.07, 6.45) is 0. The van der Waals surface area contributed by atoms with Crippen LogP contribution >= 0.6 is 0 Å². The fourth-order valence-electron chi connectivity index (χ4n) is 2.45. The van der Waals surface area contributed by atoms with Gasteiger partial charge in [0.05, 0.1) is 5.56 Å². The van der Waals surface area contributed by atoms with Crippen molar-refractivity contribution in [3.05, 3.63) is 60.2 Å². The zero-order valence-electron chi connectivity index (χ0n) is 14.1. The summed E-state index contributed by atoms with van der Waals surface area (Å²) in [6, 6.07) is 12.8. The predicted octanol–water partition coefficient (Wildman–Crippen LogP) is 3.52. The van der Waals surface area contributed by atoms with Crippen LogP contribution in [0.5, 0.6) is 5.75 Å². The number of aromatic carboxylic acids is 1. The topological polar surface area (TPSA) is 137 Å². The Hall–Kier alpha value is -2.30. The zero-order valence-corrected chi connectivity index (χ0v) is 16.9. The first-order valence-corrected chi connectivity index (χ1v) is 8.69. The van der Waals surface area contributed by atoms with Gasteiger partial charge in [-0.05, 0) is 18.2 Å². The number of nitrogens with zero attached hydrogens (tertiary/aromatic N) is 2. The van der Waals surface area contributed by atoms with E-state index in [2.05, 4.69) is 10.2 Å². The second-order valence-electron chi connectivity index (χ2n) is 5.29. The van der Waals surface area contributed by atoms with Gasteiger partial charge in [-0.1, -0.05) is 36.4 Å². The van der Waals surface area contributed by atoms with E-state index in [0.717, 1.165) is 6.07 Å². The Bertz CT molecular complexity index is 1160. The van der Waals surface area contributed by atoms with Gasteiger partial charge in [0.15, 0.2) is 5.75 Å². The van der Waals surface area contributed by atoms with E-state index in [9.17, 15) is 22.9 Å². The number of phenolic OH excluding ortho intramolecular Hbond substituents is 1. The van der Waals surface area contributed by atoms with E-state index in [1.165, 1.54) is 30.3 Å². The molecule has 10 heteroatoms. The minimum atomic E-state index is -4.58. The molecular formula is C17H12N2NaO6S. The van der Waals surface area contributed by atoms with Gasteiger partial charge in [0, 0.05) is 40.3 Å². The van der Waals surface area contributed by atoms with Crippen molar-refractivity contribution in [3.8, 4) is 5.75 Å². The Balaban J connectivity index is 0.00000261. The number of hydrogen-bond donors (Lipinski definition) is 3. The maximum Gasteiger partial charge on any atom is 0.337 e. The number of aromatic hydroxyl groups is 1. The molecule has 3 aromatic carbocycles. The maximum absolute atomic E-state index is 11.7. The second kappa shape index (κ2) is 8.15. The molecule has 0 fully saturated rings. The van der Waals surface area contributed by atoms with Gasteiger partial charge >= 0.3 is 5.97 Å². The first-order chi connectivity index (χ1) is 12.3. The average Bonchev–Trinajstić information content (AvgIpc) is 2.60. The third kappa shape index (κ3) is 4.34. The minimum Gasteiger partial charge on any atom is -0.505 e. The summed E-state index contributed by atoms with van der Waals surface area (Å²) >= 11 is 0. The molecule has 0 saturated heterocycles. The Labute approximate surface area is 176 Å². The Morgan fingerprint density at radius 2 is 1.44 bits per heavy atom. The summed E-state index contributed by atoms with van der Waals surface area (Å²) in [5.74, 6) is -1.55. The van der Waals surface area contributed by atoms with Crippen LogP contribution < -0.4 is 0 Å². The number of rotatable bonds is 4. The SMILES string of the molecule is O=C(O)c1ccccc1N=Nc1cc(S(=O)(=O)O)c2ccccc2c1O.[Na]. The van der Waals surface area contributed by atoms with Gasteiger partial charge in [-0.3, -0.25) is 4.55 Å². The molecular weight excluding hydrogens is 383 g/mol. The van der Waals surface area contributed by atoms with Crippen LogP contribution in [0.3, 0.4) is 0 Å². The van der Waals surface area contributed by atoms with E-state index in [1.54, 1.807) is 18.2 Å². The van der Waals surface area contributed by atoms with Crippen molar-refractivity contribution in [1.82, 2.24) is 0 Å². The van der Waals surface area contributed by atoms with Gasteiger partial charge in [-0.2, -0.15) is 8.42 Å². The molecule has 0 heterocycles. The number of azo groups is 1. The van der Waals surface area contributed by atoms with Crippen LogP contribution in [0.25, 0.3) is 10.8 Å². The van der Waals surface area contributed by atoms with Crippen molar-refractivity contribution in [3.63, 3.8) is 0 Å². The van der Waals surface area contributed by atoms with Gasteiger partial charge in [0.1, 0.15) is 16.3 Å². The van der Waals surface area contributed by atoms with Crippen molar-refractivity contribution in [1.29, 1.82) is 0 Å². The summed E-state index contributed by atoms with van der Waals surface area (Å²) in [5, 5.41) is 27.3. The van der Waals surface area contributed by atoms with Crippen molar-refractivity contribution in [2.75, 3.05) is 0 Å². The molecule has 3 rings (SSSR count). The predicted molar refractivity (Wildman–Crippen MR) is 98.8 cm³/mol. The van der Waals surface area contributed by atoms with Crippen LogP contribution in [0, 0.1) is 0 Å². The normalized spacial score (nSPS) is 11.4. The quantitative estimate of drug-likeness (QED) is 0.351. The van der Waals surface area contributed by atoms with Crippen LogP contribution in [-0.4, -0.2) is 58.7 Å². The largest absolute Gasteiger partial charge is 0.505 e. The fraction of sp³-hybridized carbons (Fsp3) is 0. The van der Waals surface area contributed by atoms with Crippen molar-refractivity contribution in [2.24, 2.45) is 10.2 Å². The molecule has 3 aromatic rings. The van der Waals surface area contributed by atoms with Crippen LogP contribution in [0.4, 0.5) is 11.4 Å². The number of carboxylic acid groups (broad SMARTS) is 1. The molecule has 27 heavy (non-hydrogen) atoms. The number of phenols is 1. The molecule has 3 N–H and O–H groups in total. The van der Waals surface area contributed by atoms with Gasteiger partial charge < -0.3 is 10.2 Å². The molecule has 0 unspecified atom stereocenters. The van der Waals surface area contributed by atoms with E-state index in [4.69, 9.17) is 5.11 Å². The van der Waals surface area contributed by atoms with Gasteiger partial charge in [0.2, 0.25) is 0 Å². The first-order valence-electron chi connectivity index (χ1n) is 7.25. The molecule has 0 aliphatic heterocycles. The molecule has 1 radical (unpaired) electrons. The maximum atomic E-state index is 11.7. The number of carboxylic acids is 1. The van der Waals surface area contributed by atoms with Crippen LogP contribution in [-0.2, 0) is 10.1 Å². The molecule has 0 bridgehead atoms. The number of hydrogen-bond acceptors (Lipinski definition) is 6. The zero-order chi connectivity index (χ0) is 18.9. The van der Waals surface area contributed by atoms with Crippen molar-refractivity contribution >= 4 is 67.8 Å². The summed E-state index contributed by atoms with van der Waals surface area (Å²) in [5.41, 5.74) is -0.302. The van der Waals surface area contributed by atoms with E-state index >= 15 is 0 Å². The van der Waals surface area contributed by atoms with Gasteiger partial charge in [-0.15, -0.1) is 10.2 Å². The summed E-state index contributed by atoms with van der Waals surface area (Å²) < 4.78 is 32.7. The molecule has 0 amide bonds. The van der Waals surface area contributed by atoms with E-state index in [-0.39, 0.29) is 63.0 Å². The standard InChI is InChI=1S/C17H12N2O6S.Na/c20-16-11-6-2-1-5-10(11)15(26(23,24)25)9-14(16)19-18-13-8-4-3-7-12(13)17(21)22;/h1-9,20H,(H,21,22)(H,23,24,25);. The van der Waals surface area contributed by atoms with Crippen LogP contribution in [0.15, 0.2) is 69.7 Å². The van der Waals surface area contributed by atoms with E-state index < -0.39 is 21.0 Å². The second-order valence-corrected chi connectivity index (χ2v) is 6.68. The van der Waals surface area contributed by atoms with Gasteiger partial charge in [0.25, 0.3) is 10.1 Å². The minimum absolute atomic E-state index is 0. The van der Waals surface area contributed by atoms with Crippen molar-refractivity contribution < 1.29 is 28.0 Å². The average molecular weight is 395 g/mol. The Morgan fingerprint density at radius 1 is 0.889 bits per heavy atom. The van der Waals surface area contributed by atoms with E-state index in [0.29, 0.717) is 0 Å². The summed E-state index contributed by atoms with van der Waals surface area (Å²) in [6.45, 7) is 0. The van der Waals surface area contributed by atoms with E-state index in [1.807, 2.05) is 0 Å². The Kier molecular flexibility index (Phi) is 6.34. The summed E-state index contributed by atoms with van der Waals surface area (Å²) in [7, 11) is -4.58. The molecule has 0 atom stereocenters. The third-order valence-corrected chi connectivity index (χ3v) is 4.53. The molecule has 0 aliphatic rings. The van der Waals surface area contributed by atoms with Crippen LogP contribution in [0.2, 0.25) is 0 Å². The molecule has 8 nitrogen and oxygen atoms in total. The smallest absolute Gasteiger partial charge is 0.337 e.